The minimum absolute atomic E-state index is 0.0973. The third-order valence-corrected chi connectivity index (χ3v) is 4.83. The summed E-state index contributed by atoms with van der Waals surface area (Å²) in [7, 11) is 0. The Balaban J connectivity index is 1.88. The first-order chi connectivity index (χ1) is 11.5. The van der Waals surface area contributed by atoms with Crippen LogP contribution in [0.3, 0.4) is 0 Å². The van der Waals surface area contributed by atoms with E-state index < -0.39 is 29.7 Å². The molecule has 2 aromatic carbocycles. The second kappa shape index (κ2) is 5.17. The number of imide groups is 2. The van der Waals surface area contributed by atoms with E-state index in [-0.39, 0.29) is 12.8 Å². The zero-order chi connectivity index (χ0) is 17.0. The van der Waals surface area contributed by atoms with Gasteiger partial charge in [0.1, 0.15) is 6.04 Å². The molecule has 120 valence electrons. The number of thiol groups is 1. The summed E-state index contributed by atoms with van der Waals surface area (Å²) in [6.45, 7) is 0. The van der Waals surface area contributed by atoms with Crippen LogP contribution in [0.25, 0.3) is 10.8 Å². The van der Waals surface area contributed by atoms with Crippen LogP contribution in [0.15, 0.2) is 35.2 Å². The van der Waals surface area contributed by atoms with Gasteiger partial charge in [-0.1, -0.05) is 12.1 Å². The van der Waals surface area contributed by atoms with E-state index in [2.05, 4.69) is 17.9 Å². The van der Waals surface area contributed by atoms with Crippen molar-refractivity contribution in [1.29, 1.82) is 0 Å². The second-order valence-corrected chi connectivity index (χ2v) is 6.29. The fourth-order valence-corrected chi connectivity index (χ4v) is 3.57. The Morgan fingerprint density at radius 2 is 1.71 bits per heavy atom. The van der Waals surface area contributed by atoms with Crippen LogP contribution in [0.4, 0.5) is 0 Å². The van der Waals surface area contributed by atoms with Gasteiger partial charge in [-0.25, -0.2) is 0 Å². The average molecular weight is 340 g/mol. The maximum absolute atomic E-state index is 12.9. The normalized spacial score (nSPS) is 20.5. The molecule has 0 saturated carbocycles. The molecule has 24 heavy (non-hydrogen) atoms. The molecule has 2 aliphatic rings. The monoisotopic (exact) mass is 340 g/mol. The van der Waals surface area contributed by atoms with Gasteiger partial charge >= 0.3 is 0 Å². The van der Waals surface area contributed by atoms with Crippen LogP contribution >= 0.6 is 12.6 Å². The summed E-state index contributed by atoms with van der Waals surface area (Å²) in [5.74, 6) is -2.05. The van der Waals surface area contributed by atoms with Crippen LogP contribution in [-0.2, 0) is 9.59 Å². The summed E-state index contributed by atoms with van der Waals surface area (Å²) >= 11 is 4.38. The van der Waals surface area contributed by atoms with Crippen molar-refractivity contribution in [2.75, 3.05) is 0 Å². The maximum Gasteiger partial charge on any atom is 0.262 e. The van der Waals surface area contributed by atoms with E-state index in [0.29, 0.717) is 21.4 Å². The third kappa shape index (κ3) is 1.98. The Morgan fingerprint density at radius 3 is 2.42 bits per heavy atom. The summed E-state index contributed by atoms with van der Waals surface area (Å²) in [5.41, 5.74) is 0.727. The number of rotatable bonds is 1. The lowest BCUT2D eigenvalue weighted by Crippen LogP contribution is -2.57. The molecule has 2 aliphatic heterocycles. The standard InChI is InChI=1S/C17H12N2O4S/c20-13-7-5-11(15(21)18-13)19-16(22)9-3-1-2-8-12(24)6-4-10(14(8)9)17(19)23/h1-4,6,11,24H,5,7H2,(H,18,20,21). The van der Waals surface area contributed by atoms with Crippen molar-refractivity contribution in [2.24, 2.45) is 0 Å². The maximum atomic E-state index is 12.9. The van der Waals surface area contributed by atoms with Gasteiger partial charge < -0.3 is 0 Å². The van der Waals surface area contributed by atoms with Gasteiger partial charge in [-0.05, 0) is 30.0 Å². The molecule has 0 spiro atoms. The van der Waals surface area contributed by atoms with Gasteiger partial charge in [-0.3, -0.25) is 29.4 Å². The van der Waals surface area contributed by atoms with Crippen molar-refractivity contribution in [2.45, 2.75) is 23.8 Å². The first kappa shape index (κ1) is 14.9. The SMILES string of the molecule is O=C1CCC(N2C(=O)c3cccc4c(S)ccc(c34)C2=O)C(=O)N1. The average Bonchev–Trinajstić information content (AvgIpc) is 2.56. The highest BCUT2D eigenvalue weighted by molar-refractivity contribution is 7.80. The largest absolute Gasteiger partial charge is 0.295 e. The number of nitrogens with one attached hydrogen (secondary N) is 1. The fraction of sp³-hybridized carbons (Fsp3) is 0.176. The summed E-state index contributed by atoms with van der Waals surface area (Å²) in [4.78, 5) is 50.8. The van der Waals surface area contributed by atoms with E-state index >= 15 is 0 Å². The molecular weight excluding hydrogens is 328 g/mol. The molecule has 0 radical (unpaired) electrons. The van der Waals surface area contributed by atoms with Gasteiger partial charge in [0.05, 0.1) is 0 Å². The molecule has 1 saturated heterocycles. The lowest BCUT2D eigenvalue weighted by Gasteiger charge is -2.34. The number of amides is 4. The Kier molecular flexibility index (Phi) is 3.21. The molecular formula is C17H12N2O4S. The first-order valence-electron chi connectivity index (χ1n) is 7.45. The van der Waals surface area contributed by atoms with E-state index in [1.165, 1.54) is 0 Å². The van der Waals surface area contributed by atoms with E-state index in [1.54, 1.807) is 30.3 Å². The molecule has 1 atom stereocenters. The lowest BCUT2D eigenvalue weighted by atomic mass is 9.91. The highest BCUT2D eigenvalue weighted by Gasteiger charge is 2.42. The molecule has 1 N–H and O–H groups in total. The molecule has 2 aromatic rings. The topological polar surface area (TPSA) is 83.6 Å². The van der Waals surface area contributed by atoms with Gasteiger partial charge in [0.15, 0.2) is 0 Å². The van der Waals surface area contributed by atoms with Crippen molar-refractivity contribution in [3.8, 4) is 0 Å². The molecule has 0 bridgehead atoms. The number of nitrogens with zero attached hydrogens (tertiary/aromatic N) is 1. The van der Waals surface area contributed by atoms with Gasteiger partial charge in [0.2, 0.25) is 11.8 Å². The summed E-state index contributed by atoms with van der Waals surface area (Å²) in [5, 5.41) is 3.47. The minimum Gasteiger partial charge on any atom is -0.295 e. The Bertz CT molecular complexity index is 931. The quantitative estimate of drug-likeness (QED) is 0.609. The van der Waals surface area contributed by atoms with E-state index in [4.69, 9.17) is 0 Å². The number of carbonyl (C=O) groups is 4. The Hall–Kier alpha value is -2.67. The van der Waals surface area contributed by atoms with Crippen molar-refractivity contribution >= 4 is 47.0 Å². The van der Waals surface area contributed by atoms with E-state index in [9.17, 15) is 19.2 Å². The van der Waals surface area contributed by atoms with Crippen molar-refractivity contribution in [3.63, 3.8) is 0 Å². The molecule has 4 rings (SSSR count). The van der Waals surface area contributed by atoms with Crippen molar-refractivity contribution < 1.29 is 19.2 Å². The molecule has 6 nitrogen and oxygen atoms in total. The number of hydrogen-bond donors (Lipinski definition) is 2. The van der Waals surface area contributed by atoms with Gasteiger partial charge in [0, 0.05) is 27.8 Å². The van der Waals surface area contributed by atoms with Gasteiger partial charge in [-0.2, -0.15) is 0 Å². The molecule has 2 heterocycles. The van der Waals surface area contributed by atoms with Gasteiger partial charge in [0.25, 0.3) is 11.8 Å². The fourth-order valence-electron chi connectivity index (χ4n) is 3.31. The number of carbonyl (C=O) groups excluding carboxylic acids is 4. The molecule has 4 amide bonds. The van der Waals surface area contributed by atoms with Crippen LogP contribution < -0.4 is 5.32 Å². The summed E-state index contributed by atoms with van der Waals surface area (Å²) in [6, 6.07) is 7.49. The molecule has 1 unspecified atom stereocenters. The predicted molar refractivity (Wildman–Crippen MR) is 87.9 cm³/mol. The molecule has 0 aromatic heterocycles. The van der Waals surface area contributed by atoms with Crippen LogP contribution in [0.1, 0.15) is 33.6 Å². The van der Waals surface area contributed by atoms with Crippen LogP contribution in [-0.4, -0.2) is 34.6 Å². The molecule has 0 aliphatic carbocycles. The molecule has 7 heteroatoms. The highest BCUT2D eigenvalue weighted by atomic mass is 32.1. The highest BCUT2D eigenvalue weighted by Crippen LogP contribution is 2.34. The van der Waals surface area contributed by atoms with E-state index in [1.807, 2.05) is 0 Å². The first-order valence-corrected chi connectivity index (χ1v) is 7.90. The lowest BCUT2D eigenvalue weighted by molar-refractivity contribution is -0.136. The van der Waals surface area contributed by atoms with Crippen molar-refractivity contribution in [1.82, 2.24) is 10.2 Å². The summed E-state index contributed by atoms with van der Waals surface area (Å²) < 4.78 is 0. The minimum atomic E-state index is -0.971. The van der Waals surface area contributed by atoms with Crippen LogP contribution in [0.5, 0.6) is 0 Å². The zero-order valence-corrected chi connectivity index (χ0v) is 13.3. The second-order valence-electron chi connectivity index (χ2n) is 5.81. The van der Waals surface area contributed by atoms with E-state index in [0.717, 1.165) is 10.3 Å². The van der Waals surface area contributed by atoms with Gasteiger partial charge in [-0.15, -0.1) is 12.6 Å². The smallest absolute Gasteiger partial charge is 0.262 e. The van der Waals surface area contributed by atoms with Crippen LogP contribution in [0.2, 0.25) is 0 Å². The number of piperidine rings is 1. The predicted octanol–water partition coefficient (Wildman–Crippen LogP) is 1.53. The van der Waals surface area contributed by atoms with Crippen LogP contribution in [0, 0.1) is 0 Å². The molecule has 1 fully saturated rings. The number of hydrogen-bond acceptors (Lipinski definition) is 5. The zero-order valence-electron chi connectivity index (χ0n) is 12.4. The van der Waals surface area contributed by atoms with Crippen molar-refractivity contribution in [3.05, 3.63) is 41.5 Å². The Morgan fingerprint density at radius 1 is 1.00 bits per heavy atom. The number of benzene rings is 2. The Labute approximate surface area is 142 Å². The summed E-state index contributed by atoms with van der Waals surface area (Å²) in [6.07, 6.45) is 0.234. The third-order valence-electron chi connectivity index (χ3n) is 4.44.